The Morgan fingerprint density at radius 1 is 1.37 bits per heavy atom. The van der Waals surface area contributed by atoms with Crippen molar-refractivity contribution in [1.82, 2.24) is 9.97 Å². The maximum atomic E-state index is 11.2. The molecule has 2 heterocycles. The van der Waals surface area contributed by atoms with Gasteiger partial charge in [0.05, 0.1) is 5.69 Å². The first-order valence-electron chi connectivity index (χ1n) is 5.31. The van der Waals surface area contributed by atoms with E-state index in [1.54, 1.807) is 29.9 Å². The van der Waals surface area contributed by atoms with Crippen molar-refractivity contribution in [3.05, 3.63) is 35.6 Å². The van der Waals surface area contributed by atoms with E-state index >= 15 is 0 Å². The molecule has 0 saturated heterocycles. The number of rotatable bonds is 2. The summed E-state index contributed by atoms with van der Waals surface area (Å²) in [5.74, 6) is -0.612. The van der Waals surface area contributed by atoms with Crippen molar-refractivity contribution in [2.24, 2.45) is 4.99 Å². The fourth-order valence-corrected chi connectivity index (χ4v) is 1.90. The van der Waals surface area contributed by atoms with Crippen LogP contribution in [-0.4, -0.2) is 15.9 Å². The first-order chi connectivity index (χ1) is 8.81. The van der Waals surface area contributed by atoms with E-state index in [0.717, 1.165) is 5.56 Å². The van der Waals surface area contributed by atoms with Gasteiger partial charge in [0.1, 0.15) is 5.01 Å². The van der Waals surface area contributed by atoms with E-state index in [4.69, 9.17) is 5.26 Å². The zero-order valence-corrected chi connectivity index (χ0v) is 13.8. The van der Waals surface area contributed by atoms with Crippen LogP contribution < -0.4 is 34.7 Å². The molecule has 0 amide bonds. The third-order valence-corrected chi connectivity index (χ3v) is 2.69. The number of aliphatic imine (C=N–C) groups is 1. The van der Waals surface area contributed by atoms with Crippen molar-refractivity contribution in [3.8, 4) is 16.8 Å². The van der Waals surface area contributed by atoms with E-state index in [1.165, 1.54) is 17.5 Å². The van der Waals surface area contributed by atoms with E-state index in [9.17, 15) is 5.11 Å². The predicted molar refractivity (Wildman–Crippen MR) is 68.8 cm³/mol. The average molecular weight is 282 g/mol. The average Bonchev–Trinajstić information content (AvgIpc) is 2.92. The van der Waals surface area contributed by atoms with Crippen molar-refractivity contribution < 1.29 is 34.7 Å². The number of nitrogens with zero attached hydrogens (tertiary/aromatic N) is 4. The van der Waals surface area contributed by atoms with Crippen molar-refractivity contribution in [3.63, 3.8) is 0 Å². The molecule has 0 spiro atoms. The number of nitriles is 1. The summed E-state index contributed by atoms with van der Waals surface area (Å²) in [6, 6.07) is 3.60. The second-order valence-electron chi connectivity index (χ2n) is 2.79. The summed E-state index contributed by atoms with van der Waals surface area (Å²) >= 11 is 1.33. The SMILES string of the molecule is CC.N#CN=C([O-])c1csc(-c2ccncc2)n1.[Na+]. The monoisotopic (exact) mass is 282 g/mol. The first kappa shape index (κ1) is 17.7. The van der Waals surface area contributed by atoms with Crippen LogP contribution in [0, 0.1) is 11.5 Å². The second kappa shape index (κ2) is 9.64. The van der Waals surface area contributed by atoms with Gasteiger partial charge in [-0.1, -0.05) is 13.8 Å². The van der Waals surface area contributed by atoms with Crippen molar-refractivity contribution in [2.45, 2.75) is 13.8 Å². The molecule has 0 radical (unpaired) electrons. The van der Waals surface area contributed by atoms with Gasteiger partial charge in [0, 0.05) is 29.2 Å². The van der Waals surface area contributed by atoms with E-state index in [1.807, 2.05) is 13.8 Å². The standard InChI is InChI=1S/C10H6N4OS.C2H6.Na/c11-6-13-9(15)8-5-16-10(14-8)7-1-3-12-4-2-7;1-2;/h1-5H,(H,13,15);1-2H3;/q;;+1/p-1. The molecule has 0 aliphatic rings. The number of hydrogen-bond acceptors (Lipinski definition) is 6. The Kier molecular flexibility index (Phi) is 9.00. The van der Waals surface area contributed by atoms with E-state index in [0.29, 0.717) is 5.01 Å². The van der Waals surface area contributed by atoms with Crippen LogP contribution in [0.5, 0.6) is 0 Å². The molecule has 0 unspecified atom stereocenters. The number of thiazole rings is 1. The smallest absolute Gasteiger partial charge is 0.856 e. The second-order valence-corrected chi connectivity index (χ2v) is 3.65. The molecule has 92 valence electrons. The van der Waals surface area contributed by atoms with Crippen LogP contribution >= 0.6 is 11.3 Å². The van der Waals surface area contributed by atoms with Gasteiger partial charge in [-0.25, -0.2) is 4.98 Å². The van der Waals surface area contributed by atoms with E-state index < -0.39 is 5.90 Å². The number of pyridine rings is 1. The van der Waals surface area contributed by atoms with Crippen LogP contribution in [0.3, 0.4) is 0 Å². The molecule has 0 atom stereocenters. The summed E-state index contributed by atoms with van der Waals surface area (Å²) in [5, 5.41) is 21.8. The predicted octanol–water partition coefficient (Wildman–Crippen LogP) is -1.18. The molecule has 7 heteroatoms. The Morgan fingerprint density at radius 3 is 2.58 bits per heavy atom. The van der Waals surface area contributed by atoms with Gasteiger partial charge in [-0.3, -0.25) is 4.98 Å². The molecule has 2 rings (SSSR count). The molecule has 0 bridgehead atoms. The summed E-state index contributed by atoms with van der Waals surface area (Å²) in [6.07, 6.45) is 4.75. The largest absolute Gasteiger partial charge is 1.00 e. The van der Waals surface area contributed by atoms with Gasteiger partial charge in [-0.2, -0.15) is 10.3 Å². The van der Waals surface area contributed by atoms with Gasteiger partial charge in [0.25, 0.3) is 0 Å². The number of aromatic nitrogens is 2. The zero-order valence-electron chi connectivity index (χ0n) is 11.0. The van der Waals surface area contributed by atoms with Gasteiger partial charge in [0.2, 0.25) is 6.19 Å². The summed E-state index contributed by atoms with van der Waals surface area (Å²) < 4.78 is 0. The van der Waals surface area contributed by atoms with Crippen molar-refractivity contribution in [1.29, 1.82) is 5.26 Å². The minimum atomic E-state index is -0.612. The molecule has 2 aromatic rings. The van der Waals surface area contributed by atoms with E-state index in [2.05, 4.69) is 15.0 Å². The van der Waals surface area contributed by atoms with Gasteiger partial charge >= 0.3 is 29.6 Å². The summed E-state index contributed by atoms with van der Waals surface area (Å²) in [7, 11) is 0. The quantitative estimate of drug-likeness (QED) is 0.300. The number of hydrogen-bond donors (Lipinski definition) is 0. The molecule has 2 aromatic heterocycles. The third-order valence-electron chi connectivity index (χ3n) is 1.80. The van der Waals surface area contributed by atoms with Gasteiger partial charge in [-0.15, -0.1) is 11.3 Å². The molecule has 0 aliphatic carbocycles. The van der Waals surface area contributed by atoms with Crippen LogP contribution in [0.15, 0.2) is 34.9 Å². The Balaban J connectivity index is 0.00000103. The van der Waals surface area contributed by atoms with Gasteiger partial charge in [-0.05, 0) is 12.1 Å². The summed E-state index contributed by atoms with van der Waals surface area (Å²) in [4.78, 5) is 11.1. The summed E-state index contributed by atoms with van der Waals surface area (Å²) in [6.45, 7) is 4.00. The molecular formula is C12H11N4NaOS. The minimum absolute atomic E-state index is 0. The Hall–Kier alpha value is -1.26. The van der Waals surface area contributed by atoms with Crippen LogP contribution in [0.25, 0.3) is 10.6 Å². The molecule has 0 aliphatic heterocycles. The normalized spacial score (nSPS) is 9.63. The minimum Gasteiger partial charge on any atom is -0.856 e. The molecule has 5 nitrogen and oxygen atoms in total. The molecule has 0 fully saturated rings. The van der Waals surface area contributed by atoms with Crippen molar-refractivity contribution >= 4 is 17.2 Å². The molecule has 0 aromatic carbocycles. The fraction of sp³-hybridized carbons (Fsp3) is 0.167. The Bertz CT molecular complexity index is 563. The summed E-state index contributed by atoms with van der Waals surface area (Å²) in [5.41, 5.74) is 1.08. The first-order valence-corrected chi connectivity index (χ1v) is 6.19. The van der Waals surface area contributed by atoms with Crippen molar-refractivity contribution in [2.75, 3.05) is 0 Å². The Labute approximate surface area is 138 Å². The van der Waals surface area contributed by atoms with Crippen LogP contribution in [-0.2, 0) is 0 Å². The van der Waals surface area contributed by atoms with Gasteiger partial charge < -0.3 is 5.11 Å². The fourth-order valence-electron chi connectivity index (χ4n) is 1.10. The van der Waals surface area contributed by atoms with Gasteiger partial charge in [0.15, 0.2) is 0 Å². The maximum absolute atomic E-state index is 11.2. The topological polar surface area (TPSA) is 85.0 Å². The maximum Gasteiger partial charge on any atom is 1.00 e. The molecular weight excluding hydrogens is 271 g/mol. The van der Waals surface area contributed by atoms with Crippen LogP contribution in [0.4, 0.5) is 0 Å². The van der Waals surface area contributed by atoms with Crippen LogP contribution in [0.2, 0.25) is 0 Å². The Morgan fingerprint density at radius 2 is 2.00 bits per heavy atom. The molecule has 19 heavy (non-hydrogen) atoms. The molecule has 0 N–H and O–H groups in total. The van der Waals surface area contributed by atoms with E-state index in [-0.39, 0.29) is 35.3 Å². The molecule has 0 saturated carbocycles. The van der Waals surface area contributed by atoms with Crippen LogP contribution in [0.1, 0.15) is 19.5 Å². The zero-order chi connectivity index (χ0) is 13.4. The third kappa shape index (κ3) is 5.09.